The molecule has 0 aromatic heterocycles. The van der Waals surface area contributed by atoms with Crippen molar-refractivity contribution in [2.45, 2.75) is 38.6 Å². The fraction of sp³-hybridized carbons (Fsp3) is 0.867. The fourth-order valence-corrected chi connectivity index (χ4v) is 3.65. The third kappa shape index (κ3) is 3.14. The van der Waals surface area contributed by atoms with Crippen LogP contribution in [0.5, 0.6) is 0 Å². The third-order valence-corrected chi connectivity index (χ3v) is 4.87. The summed E-state index contributed by atoms with van der Waals surface area (Å²) in [7, 11) is 4.08. The van der Waals surface area contributed by atoms with Crippen LogP contribution < -0.4 is 0 Å². The molecular formula is C15H26N2O3. The van der Waals surface area contributed by atoms with E-state index in [0.29, 0.717) is 18.4 Å². The van der Waals surface area contributed by atoms with E-state index in [0.717, 1.165) is 32.4 Å². The smallest absolute Gasteiger partial charge is 0.307 e. The lowest BCUT2D eigenvalue weighted by atomic mass is 9.93. The number of likely N-dealkylation sites (N-methyl/N-ethyl adjacent to an activating group) is 1. The van der Waals surface area contributed by atoms with Crippen molar-refractivity contribution in [3.63, 3.8) is 0 Å². The molecular weight excluding hydrogens is 256 g/mol. The average Bonchev–Trinajstić information content (AvgIpc) is 2.80. The first-order valence-corrected chi connectivity index (χ1v) is 7.58. The molecule has 1 aliphatic carbocycles. The number of hydrogen-bond acceptors (Lipinski definition) is 3. The van der Waals surface area contributed by atoms with Crippen LogP contribution in [0.4, 0.5) is 0 Å². The van der Waals surface area contributed by atoms with Crippen molar-refractivity contribution in [1.29, 1.82) is 0 Å². The van der Waals surface area contributed by atoms with Gasteiger partial charge in [-0.05, 0) is 45.7 Å². The summed E-state index contributed by atoms with van der Waals surface area (Å²) in [6.07, 6.45) is 3.48. The Hall–Kier alpha value is -1.10. The Morgan fingerprint density at radius 2 is 1.85 bits per heavy atom. The standard InChI is InChI=1S/C15H26N2O3/c1-10-7-12(13(8-10)15(19)20)14(18)17-6-4-5-11(9-17)16(2)3/h10-13H,4-9H2,1-3H3,(H,19,20). The summed E-state index contributed by atoms with van der Waals surface area (Å²) in [6.45, 7) is 3.56. The molecule has 2 aliphatic rings. The van der Waals surface area contributed by atoms with Crippen LogP contribution >= 0.6 is 0 Å². The second-order valence-electron chi connectivity index (χ2n) is 6.67. The van der Waals surface area contributed by atoms with Crippen molar-refractivity contribution in [2.75, 3.05) is 27.2 Å². The van der Waals surface area contributed by atoms with Gasteiger partial charge in [0, 0.05) is 19.1 Å². The number of aliphatic carboxylic acids is 1. The highest BCUT2D eigenvalue weighted by Crippen LogP contribution is 2.38. The number of likely N-dealkylation sites (tertiary alicyclic amines) is 1. The van der Waals surface area contributed by atoms with Gasteiger partial charge in [-0.25, -0.2) is 0 Å². The Balaban J connectivity index is 2.04. The molecule has 1 saturated carbocycles. The number of hydrogen-bond donors (Lipinski definition) is 1. The van der Waals surface area contributed by atoms with Gasteiger partial charge in [0.05, 0.1) is 11.8 Å². The summed E-state index contributed by atoms with van der Waals surface area (Å²) in [6, 6.07) is 0.398. The van der Waals surface area contributed by atoms with Crippen LogP contribution in [0.1, 0.15) is 32.6 Å². The van der Waals surface area contributed by atoms with E-state index in [1.807, 2.05) is 25.9 Å². The molecule has 1 aliphatic heterocycles. The maximum absolute atomic E-state index is 12.7. The number of carboxylic acids is 1. The highest BCUT2D eigenvalue weighted by molar-refractivity contribution is 5.85. The molecule has 0 spiro atoms. The molecule has 5 heteroatoms. The van der Waals surface area contributed by atoms with E-state index in [1.54, 1.807) is 0 Å². The maximum atomic E-state index is 12.7. The van der Waals surface area contributed by atoms with Crippen molar-refractivity contribution in [1.82, 2.24) is 9.80 Å². The zero-order valence-corrected chi connectivity index (χ0v) is 12.7. The number of piperidine rings is 1. The van der Waals surface area contributed by atoms with Crippen LogP contribution in [-0.4, -0.2) is 60.0 Å². The molecule has 1 amide bonds. The van der Waals surface area contributed by atoms with Crippen molar-refractivity contribution < 1.29 is 14.7 Å². The van der Waals surface area contributed by atoms with Gasteiger partial charge in [0.25, 0.3) is 0 Å². The van der Waals surface area contributed by atoms with Crippen LogP contribution in [0.15, 0.2) is 0 Å². The number of amides is 1. The van der Waals surface area contributed by atoms with Crippen LogP contribution in [-0.2, 0) is 9.59 Å². The van der Waals surface area contributed by atoms with E-state index in [4.69, 9.17) is 0 Å². The van der Waals surface area contributed by atoms with Gasteiger partial charge in [-0.2, -0.15) is 0 Å². The Labute approximate surface area is 120 Å². The Morgan fingerprint density at radius 1 is 1.20 bits per heavy atom. The summed E-state index contributed by atoms with van der Waals surface area (Å²) in [5.74, 6) is -1.22. The fourth-order valence-electron chi connectivity index (χ4n) is 3.65. The van der Waals surface area contributed by atoms with Crippen molar-refractivity contribution >= 4 is 11.9 Å². The molecule has 2 rings (SSSR count). The highest BCUT2D eigenvalue weighted by Gasteiger charge is 2.43. The molecule has 0 bridgehead atoms. The van der Waals surface area contributed by atoms with Gasteiger partial charge in [0.15, 0.2) is 0 Å². The van der Waals surface area contributed by atoms with E-state index in [9.17, 15) is 14.7 Å². The molecule has 1 heterocycles. The predicted octanol–water partition coefficient (Wildman–Crippen LogP) is 1.29. The van der Waals surface area contributed by atoms with Gasteiger partial charge in [-0.1, -0.05) is 6.92 Å². The quantitative estimate of drug-likeness (QED) is 0.847. The molecule has 20 heavy (non-hydrogen) atoms. The summed E-state index contributed by atoms with van der Waals surface area (Å²) >= 11 is 0. The lowest BCUT2D eigenvalue weighted by Crippen LogP contribution is -2.50. The first kappa shape index (κ1) is 15.3. The van der Waals surface area contributed by atoms with Gasteiger partial charge >= 0.3 is 5.97 Å². The number of carbonyl (C=O) groups excluding carboxylic acids is 1. The second kappa shape index (κ2) is 6.12. The Morgan fingerprint density at radius 3 is 2.45 bits per heavy atom. The number of carbonyl (C=O) groups is 2. The summed E-state index contributed by atoms with van der Waals surface area (Å²) in [4.78, 5) is 28.1. The maximum Gasteiger partial charge on any atom is 0.307 e. The molecule has 4 unspecified atom stereocenters. The predicted molar refractivity (Wildman–Crippen MR) is 76.3 cm³/mol. The van der Waals surface area contributed by atoms with Crippen LogP contribution in [0, 0.1) is 17.8 Å². The third-order valence-electron chi connectivity index (χ3n) is 4.87. The van der Waals surface area contributed by atoms with E-state index in [1.165, 1.54) is 0 Å². The van der Waals surface area contributed by atoms with Gasteiger partial charge < -0.3 is 14.9 Å². The van der Waals surface area contributed by atoms with Crippen molar-refractivity contribution in [2.24, 2.45) is 17.8 Å². The number of carboxylic acid groups (broad SMARTS) is 1. The monoisotopic (exact) mass is 282 g/mol. The van der Waals surface area contributed by atoms with Crippen molar-refractivity contribution in [3.05, 3.63) is 0 Å². The Kier molecular flexibility index (Phi) is 4.68. The first-order valence-electron chi connectivity index (χ1n) is 7.58. The largest absolute Gasteiger partial charge is 0.481 e. The van der Waals surface area contributed by atoms with E-state index in [-0.39, 0.29) is 11.8 Å². The van der Waals surface area contributed by atoms with Crippen LogP contribution in [0.2, 0.25) is 0 Å². The van der Waals surface area contributed by atoms with E-state index in [2.05, 4.69) is 4.90 Å². The summed E-state index contributed by atoms with van der Waals surface area (Å²) in [5.41, 5.74) is 0. The minimum absolute atomic E-state index is 0.0632. The SMILES string of the molecule is CC1CC(C(=O)O)C(C(=O)N2CCCC(N(C)C)C2)C1. The molecule has 0 radical (unpaired) electrons. The van der Waals surface area contributed by atoms with Gasteiger partial charge in [-0.15, -0.1) is 0 Å². The molecule has 1 N–H and O–H groups in total. The lowest BCUT2D eigenvalue weighted by Gasteiger charge is -2.37. The Bertz CT molecular complexity index is 383. The second-order valence-corrected chi connectivity index (χ2v) is 6.67. The topological polar surface area (TPSA) is 60.9 Å². The molecule has 2 fully saturated rings. The number of rotatable bonds is 3. The number of nitrogens with zero attached hydrogens (tertiary/aromatic N) is 2. The van der Waals surface area contributed by atoms with E-state index < -0.39 is 11.9 Å². The lowest BCUT2D eigenvalue weighted by molar-refractivity contribution is -0.149. The minimum Gasteiger partial charge on any atom is -0.481 e. The van der Waals surface area contributed by atoms with E-state index >= 15 is 0 Å². The van der Waals surface area contributed by atoms with Gasteiger partial charge in [0.1, 0.15) is 0 Å². The zero-order valence-electron chi connectivity index (χ0n) is 12.7. The minimum atomic E-state index is -0.811. The molecule has 4 atom stereocenters. The molecule has 114 valence electrons. The zero-order chi connectivity index (χ0) is 14.9. The summed E-state index contributed by atoms with van der Waals surface area (Å²) in [5, 5.41) is 9.31. The van der Waals surface area contributed by atoms with Crippen LogP contribution in [0.25, 0.3) is 0 Å². The summed E-state index contributed by atoms with van der Waals surface area (Å²) < 4.78 is 0. The van der Waals surface area contributed by atoms with Crippen molar-refractivity contribution in [3.8, 4) is 0 Å². The van der Waals surface area contributed by atoms with Crippen LogP contribution in [0.3, 0.4) is 0 Å². The van der Waals surface area contributed by atoms with Gasteiger partial charge in [0.2, 0.25) is 5.91 Å². The normalized spacial score (nSPS) is 34.5. The molecule has 1 saturated heterocycles. The van der Waals surface area contributed by atoms with Gasteiger partial charge in [-0.3, -0.25) is 9.59 Å². The highest BCUT2D eigenvalue weighted by atomic mass is 16.4. The molecule has 0 aromatic rings. The molecule has 0 aromatic carbocycles. The first-order chi connectivity index (χ1) is 9.40. The molecule has 5 nitrogen and oxygen atoms in total. The average molecular weight is 282 g/mol.